The average Bonchev–Trinajstić information content (AvgIpc) is 3.32. The van der Waals surface area contributed by atoms with E-state index >= 15 is 0 Å². The van der Waals surface area contributed by atoms with E-state index in [-0.39, 0.29) is 11.8 Å². The molecule has 1 aromatic heterocycles. The number of ether oxygens (including phenoxy) is 1. The molecule has 0 aliphatic heterocycles. The molecule has 0 radical (unpaired) electrons. The van der Waals surface area contributed by atoms with E-state index in [1.807, 2.05) is 54.0 Å². The maximum Gasteiger partial charge on any atom is 0.340 e. The fourth-order valence-electron chi connectivity index (χ4n) is 4.12. The number of rotatable bonds is 8. The number of esters is 1. The van der Waals surface area contributed by atoms with Gasteiger partial charge in [0.25, 0.3) is 0 Å². The van der Waals surface area contributed by atoms with Crippen LogP contribution in [0.4, 0.5) is 0 Å². The highest BCUT2D eigenvalue weighted by Crippen LogP contribution is 2.27. The summed E-state index contributed by atoms with van der Waals surface area (Å²) in [5, 5.41) is 17.1. The zero-order chi connectivity index (χ0) is 24.1. The van der Waals surface area contributed by atoms with Crippen molar-refractivity contribution in [3.05, 3.63) is 88.7 Å². The monoisotopic (exact) mass is 456 g/mol. The molecule has 0 saturated carbocycles. The number of aryl methyl sites for hydroxylation is 1. The number of aromatic nitrogens is 2. The molecule has 7 nitrogen and oxygen atoms in total. The van der Waals surface area contributed by atoms with Gasteiger partial charge in [-0.25, -0.2) is 9.78 Å². The molecule has 7 heteroatoms. The second-order valence-electron chi connectivity index (χ2n) is 8.18. The third-order valence-corrected chi connectivity index (χ3v) is 5.92. The van der Waals surface area contributed by atoms with Gasteiger partial charge in [-0.15, -0.1) is 0 Å². The summed E-state index contributed by atoms with van der Waals surface area (Å²) in [6.07, 6.45) is 3.58. The van der Waals surface area contributed by atoms with E-state index in [1.165, 1.54) is 7.11 Å². The van der Waals surface area contributed by atoms with Gasteiger partial charge in [0.1, 0.15) is 11.7 Å². The topological polar surface area (TPSA) is 111 Å². The summed E-state index contributed by atoms with van der Waals surface area (Å²) in [5.41, 5.74) is 8.49. The Labute approximate surface area is 198 Å². The minimum Gasteiger partial charge on any atom is -0.465 e. The summed E-state index contributed by atoms with van der Waals surface area (Å²) in [6, 6.07) is 19.3. The van der Waals surface area contributed by atoms with Gasteiger partial charge >= 0.3 is 5.97 Å². The summed E-state index contributed by atoms with van der Waals surface area (Å²) >= 11 is 0. The van der Waals surface area contributed by atoms with E-state index < -0.39 is 0 Å². The molecule has 0 atom stereocenters. The van der Waals surface area contributed by atoms with E-state index in [0.29, 0.717) is 17.5 Å². The molecule has 0 bridgehead atoms. The second kappa shape index (κ2) is 10.3. The Hall–Kier alpha value is -3.97. The molecule has 0 saturated heterocycles. The third-order valence-electron chi connectivity index (χ3n) is 5.92. The zero-order valence-electron chi connectivity index (χ0n) is 19.3. The number of unbranched alkanes of at least 4 members (excludes halogenated alkanes) is 1. The van der Waals surface area contributed by atoms with Crippen molar-refractivity contribution in [3.8, 4) is 11.1 Å². The molecule has 0 unspecified atom stereocenters. The van der Waals surface area contributed by atoms with Crippen LogP contribution in [0.15, 0.2) is 60.7 Å². The highest BCUT2D eigenvalue weighted by Gasteiger charge is 2.17. The van der Waals surface area contributed by atoms with Gasteiger partial charge in [-0.1, -0.05) is 67.9 Å². The number of carbonyl (C=O) groups is 1. The number of methoxy groups -OCH3 is 1. The van der Waals surface area contributed by atoms with Gasteiger partial charge < -0.3 is 9.72 Å². The van der Waals surface area contributed by atoms with Crippen LogP contribution in [-0.2, 0) is 17.6 Å². The van der Waals surface area contributed by atoms with Crippen molar-refractivity contribution in [3.63, 3.8) is 0 Å². The molecule has 0 amide bonds. The van der Waals surface area contributed by atoms with E-state index in [9.17, 15) is 4.79 Å². The normalized spacial score (nSPS) is 10.9. The van der Waals surface area contributed by atoms with Crippen LogP contribution in [-0.4, -0.2) is 34.1 Å². The number of hydrogen-bond donors (Lipinski definition) is 4. The second-order valence-corrected chi connectivity index (χ2v) is 8.18. The Morgan fingerprint density at radius 3 is 2.56 bits per heavy atom. The Balaban J connectivity index is 1.66. The predicted octanol–water partition coefficient (Wildman–Crippen LogP) is 5.25. The molecule has 174 valence electrons. The summed E-state index contributed by atoms with van der Waals surface area (Å²) < 4.78 is 4.96. The lowest BCUT2D eigenvalue weighted by Gasteiger charge is -2.11. The number of benzene rings is 3. The first-order chi connectivity index (χ1) is 16.5. The number of nitrogens with zero attached hydrogens (tertiary/aromatic N) is 1. The van der Waals surface area contributed by atoms with Gasteiger partial charge in [-0.2, -0.15) is 0 Å². The Bertz CT molecular complexity index is 1330. The number of amidine groups is 1. The summed E-state index contributed by atoms with van der Waals surface area (Å²) in [5.74, 6) is 0.444. The molecule has 0 spiro atoms. The first kappa shape index (κ1) is 23.2. The lowest BCUT2D eigenvalue weighted by molar-refractivity contribution is 0.0603. The smallest absolute Gasteiger partial charge is 0.340 e. The number of H-pyrrole nitrogens is 1. The molecule has 0 fully saturated rings. The van der Waals surface area contributed by atoms with Crippen LogP contribution in [0.5, 0.6) is 0 Å². The molecular formula is C27H28N4O3. The summed E-state index contributed by atoms with van der Waals surface area (Å²) in [6.45, 7) is 2.14. The van der Waals surface area contributed by atoms with Crippen LogP contribution in [0.1, 0.15) is 52.6 Å². The molecular weight excluding hydrogens is 428 g/mol. The molecule has 0 aliphatic carbocycles. The van der Waals surface area contributed by atoms with Gasteiger partial charge in [0, 0.05) is 12.0 Å². The van der Waals surface area contributed by atoms with Crippen molar-refractivity contribution < 1.29 is 14.7 Å². The van der Waals surface area contributed by atoms with E-state index in [0.717, 1.165) is 58.4 Å². The predicted molar refractivity (Wildman–Crippen MR) is 132 cm³/mol. The molecule has 34 heavy (non-hydrogen) atoms. The number of carbonyl (C=O) groups excluding carboxylic acids is 1. The quantitative estimate of drug-likeness (QED) is 0.125. The number of nitrogens with one attached hydrogen (secondary N) is 3. The van der Waals surface area contributed by atoms with Crippen molar-refractivity contribution in [2.45, 2.75) is 32.6 Å². The fraction of sp³-hybridized carbons (Fsp3) is 0.222. The van der Waals surface area contributed by atoms with Gasteiger partial charge in [0.05, 0.1) is 23.7 Å². The van der Waals surface area contributed by atoms with Gasteiger partial charge in [-0.3, -0.25) is 16.1 Å². The van der Waals surface area contributed by atoms with Gasteiger partial charge in [0.2, 0.25) is 0 Å². The van der Waals surface area contributed by atoms with Crippen LogP contribution >= 0.6 is 0 Å². The highest BCUT2D eigenvalue weighted by molar-refractivity contribution is 6.03. The number of aromatic amines is 1. The molecule has 3 aromatic carbocycles. The molecule has 1 heterocycles. The Morgan fingerprint density at radius 1 is 1.09 bits per heavy atom. The number of hydrogen-bond acceptors (Lipinski definition) is 5. The van der Waals surface area contributed by atoms with E-state index in [4.69, 9.17) is 20.3 Å². The first-order valence-electron chi connectivity index (χ1n) is 11.3. The minimum atomic E-state index is -0.381. The van der Waals surface area contributed by atoms with Gasteiger partial charge in [-0.05, 0) is 41.2 Å². The molecule has 4 N–H and O–H groups in total. The van der Waals surface area contributed by atoms with Crippen LogP contribution in [0.2, 0.25) is 0 Å². The maximum atomic E-state index is 12.3. The standard InChI is InChI=1S/C27H28N4O3/c1-3-4-9-23-29-24-19(14-15-22(25(24)30-23)27(32)34-2)16-17-10-12-18(13-11-17)20-7-5-6-8-21(20)26(28)31-33/h5-8,10-15,33H,3-4,9,16H2,1-2H3,(H2,28,31)(H,29,30). The number of hydroxylamine groups is 1. The van der Waals surface area contributed by atoms with E-state index in [1.54, 1.807) is 12.1 Å². The van der Waals surface area contributed by atoms with Crippen molar-refractivity contribution in [1.82, 2.24) is 15.4 Å². The lowest BCUT2D eigenvalue weighted by atomic mass is 9.96. The minimum absolute atomic E-state index is 0.0508. The van der Waals surface area contributed by atoms with Crippen LogP contribution < -0.4 is 5.48 Å². The molecule has 4 aromatic rings. The summed E-state index contributed by atoms with van der Waals surface area (Å²) in [7, 11) is 1.38. The summed E-state index contributed by atoms with van der Waals surface area (Å²) in [4.78, 5) is 20.4. The van der Waals surface area contributed by atoms with E-state index in [2.05, 4.69) is 11.9 Å². The van der Waals surface area contributed by atoms with Crippen LogP contribution in [0.3, 0.4) is 0 Å². The largest absolute Gasteiger partial charge is 0.465 e. The number of imidazole rings is 1. The highest BCUT2D eigenvalue weighted by atomic mass is 16.5. The molecule has 4 rings (SSSR count). The fourth-order valence-corrected chi connectivity index (χ4v) is 4.12. The van der Waals surface area contributed by atoms with Crippen LogP contribution in [0, 0.1) is 5.41 Å². The van der Waals surface area contributed by atoms with Crippen molar-refractivity contribution >= 4 is 22.8 Å². The Kier molecular flexibility index (Phi) is 7.04. The van der Waals surface area contributed by atoms with Crippen molar-refractivity contribution in [2.24, 2.45) is 0 Å². The van der Waals surface area contributed by atoms with Crippen molar-refractivity contribution in [2.75, 3.05) is 7.11 Å². The lowest BCUT2D eigenvalue weighted by Crippen LogP contribution is -2.19. The zero-order valence-corrected chi connectivity index (χ0v) is 19.3. The van der Waals surface area contributed by atoms with Crippen LogP contribution in [0.25, 0.3) is 22.2 Å². The first-order valence-corrected chi connectivity index (χ1v) is 11.3. The average molecular weight is 457 g/mol. The van der Waals surface area contributed by atoms with Gasteiger partial charge in [0.15, 0.2) is 0 Å². The Morgan fingerprint density at radius 2 is 1.85 bits per heavy atom. The maximum absolute atomic E-state index is 12.3. The van der Waals surface area contributed by atoms with Crippen molar-refractivity contribution in [1.29, 1.82) is 5.41 Å². The molecule has 0 aliphatic rings. The SMILES string of the molecule is CCCCc1nc2c(Cc3ccc(-c4ccccc4C(=N)NO)cc3)ccc(C(=O)OC)c2[nH]1. The third kappa shape index (κ3) is 4.70. The number of fused-ring (bicyclic) bond motifs is 1.